The molecular formula is C16H20O6. The monoisotopic (exact) mass is 308 g/mol. The van der Waals surface area contributed by atoms with E-state index in [1.165, 1.54) is 0 Å². The molecular weight excluding hydrogens is 288 g/mol. The normalized spacial score (nSPS) is 33.2. The van der Waals surface area contributed by atoms with Crippen molar-refractivity contribution in [2.75, 3.05) is 6.61 Å². The molecule has 6 nitrogen and oxygen atoms in total. The van der Waals surface area contributed by atoms with Crippen LogP contribution in [0, 0.1) is 0 Å². The first-order valence-electron chi connectivity index (χ1n) is 7.36. The molecule has 4 atom stereocenters. The van der Waals surface area contributed by atoms with Crippen molar-refractivity contribution in [2.24, 2.45) is 0 Å². The fraction of sp³-hybridized carbons (Fsp3) is 0.562. The van der Waals surface area contributed by atoms with E-state index in [2.05, 4.69) is 0 Å². The van der Waals surface area contributed by atoms with E-state index in [4.69, 9.17) is 18.9 Å². The number of ether oxygens (including phenoxy) is 4. The van der Waals surface area contributed by atoms with E-state index in [0.717, 1.165) is 0 Å². The van der Waals surface area contributed by atoms with Gasteiger partial charge in [0.1, 0.15) is 12.7 Å². The highest BCUT2D eigenvalue weighted by molar-refractivity contribution is 5.89. The fourth-order valence-electron chi connectivity index (χ4n) is 2.71. The lowest BCUT2D eigenvalue weighted by Gasteiger charge is -2.33. The van der Waals surface area contributed by atoms with Crippen molar-refractivity contribution in [3.63, 3.8) is 0 Å². The number of aliphatic hydroxyl groups excluding tert-OH is 1. The Morgan fingerprint density at radius 3 is 2.77 bits per heavy atom. The molecule has 0 radical (unpaired) electrons. The number of carbonyl (C=O) groups excluding carboxylic acids is 1. The summed E-state index contributed by atoms with van der Waals surface area (Å²) in [4.78, 5) is 11.9. The fourth-order valence-corrected chi connectivity index (χ4v) is 2.71. The highest BCUT2D eigenvalue weighted by Gasteiger charge is 2.50. The summed E-state index contributed by atoms with van der Waals surface area (Å²) in [6, 6.07) is 8.75. The molecule has 2 heterocycles. The first-order chi connectivity index (χ1) is 10.4. The maximum Gasteiger partial charge on any atom is 0.338 e. The van der Waals surface area contributed by atoms with Crippen molar-refractivity contribution < 1.29 is 28.8 Å². The molecule has 2 aliphatic rings. The smallest absolute Gasteiger partial charge is 0.338 e. The lowest BCUT2D eigenvalue weighted by molar-refractivity contribution is -0.224. The molecule has 2 aliphatic heterocycles. The van der Waals surface area contributed by atoms with Gasteiger partial charge in [-0.3, -0.25) is 0 Å². The highest BCUT2D eigenvalue weighted by Crippen LogP contribution is 2.36. The lowest BCUT2D eigenvalue weighted by atomic mass is 10.0. The van der Waals surface area contributed by atoms with E-state index in [0.29, 0.717) is 12.0 Å². The van der Waals surface area contributed by atoms with Gasteiger partial charge in [0.05, 0.1) is 17.8 Å². The van der Waals surface area contributed by atoms with Crippen LogP contribution in [0.15, 0.2) is 30.3 Å². The third-order valence-corrected chi connectivity index (χ3v) is 3.71. The molecule has 1 N–H and O–H groups in total. The van der Waals surface area contributed by atoms with Crippen LogP contribution in [-0.4, -0.2) is 48.1 Å². The van der Waals surface area contributed by atoms with Crippen molar-refractivity contribution in [3.05, 3.63) is 35.9 Å². The molecule has 6 heteroatoms. The minimum atomic E-state index is -0.786. The number of hydrogen-bond donors (Lipinski definition) is 1. The average molecular weight is 308 g/mol. The van der Waals surface area contributed by atoms with Crippen LogP contribution in [0.3, 0.4) is 0 Å². The third-order valence-electron chi connectivity index (χ3n) is 3.71. The SMILES string of the molecule is CC1(C)OC2[C@H](O[C@H](COC(=O)c3ccccc3)C[C@@H]2O)O1. The second kappa shape index (κ2) is 5.96. The number of hydrogen-bond acceptors (Lipinski definition) is 6. The van der Waals surface area contributed by atoms with Gasteiger partial charge in [-0.05, 0) is 26.0 Å². The van der Waals surface area contributed by atoms with Crippen molar-refractivity contribution in [1.82, 2.24) is 0 Å². The zero-order valence-electron chi connectivity index (χ0n) is 12.6. The van der Waals surface area contributed by atoms with Gasteiger partial charge in [0.25, 0.3) is 0 Å². The number of fused-ring (bicyclic) bond motifs is 1. The maximum absolute atomic E-state index is 11.9. The van der Waals surface area contributed by atoms with E-state index < -0.39 is 36.4 Å². The predicted molar refractivity (Wildman–Crippen MR) is 76.0 cm³/mol. The van der Waals surface area contributed by atoms with E-state index >= 15 is 0 Å². The van der Waals surface area contributed by atoms with Crippen LogP contribution in [0.5, 0.6) is 0 Å². The van der Waals surface area contributed by atoms with E-state index in [1.807, 2.05) is 6.07 Å². The lowest BCUT2D eigenvalue weighted by Crippen LogP contribution is -2.48. The molecule has 1 aromatic rings. The molecule has 0 aromatic heterocycles. The van der Waals surface area contributed by atoms with Gasteiger partial charge < -0.3 is 24.1 Å². The first-order valence-corrected chi connectivity index (χ1v) is 7.36. The Labute approximate surface area is 128 Å². The van der Waals surface area contributed by atoms with Crippen molar-refractivity contribution in [1.29, 1.82) is 0 Å². The summed E-state index contributed by atoms with van der Waals surface area (Å²) in [6.45, 7) is 3.61. The molecule has 2 fully saturated rings. The Bertz CT molecular complexity index is 529. The van der Waals surface area contributed by atoms with E-state index in [1.54, 1.807) is 38.1 Å². The molecule has 0 saturated carbocycles. The summed E-state index contributed by atoms with van der Waals surface area (Å²) in [6.07, 6.45) is -1.93. The number of aliphatic hydroxyl groups is 1. The van der Waals surface area contributed by atoms with E-state index in [-0.39, 0.29) is 6.61 Å². The molecule has 1 unspecified atom stereocenters. The summed E-state index contributed by atoms with van der Waals surface area (Å²) in [5.74, 6) is -1.20. The number of rotatable bonds is 3. The molecule has 0 bridgehead atoms. The van der Waals surface area contributed by atoms with Crippen molar-refractivity contribution in [3.8, 4) is 0 Å². The molecule has 0 amide bonds. The molecule has 1 aromatic carbocycles. The molecule has 2 saturated heterocycles. The standard InChI is InChI=1S/C16H20O6/c1-16(2)21-13-12(17)8-11(20-15(13)22-16)9-19-14(18)10-6-4-3-5-7-10/h3-7,11-13,15,17H,8-9H2,1-2H3/t11-,12-,13?,15+/m0/s1. The number of esters is 1. The second-order valence-electron chi connectivity index (χ2n) is 5.99. The largest absolute Gasteiger partial charge is 0.459 e. The van der Waals surface area contributed by atoms with Crippen LogP contribution in [0.1, 0.15) is 30.6 Å². The van der Waals surface area contributed by atoms with Crippen LogP contribution in [0.4, 0.5) is 0 Å². The summed E-state index contributed by atoms with van der Waals surface area (Å²) in [5, 5.41) is 10.1. The third kappa shape index (κ3) is 3.30. The minimum Gasteiger partial charge on any atom is -0.459 e. The van der Waals surface area contributed by atoms with Gasteiger partial charge in [-0.1, -0.05) is 18.2 Å². The van der Waals surface area contributed by atoms with Crippen LogP contribution in [0.25, 0.3) is 0 Å². The summed E-state index contributed by atoms with van der Waals surface area (Å²) >= 11 is 0. The Morgan fingerprint density at radius 2 is 2.05 bits per heavy atom. The average Bonchev–Trinajstić information content (AvgIpc) is 2.80. The Balaban J connectivity index is 1.55. The molecule has 120 valence electrons. The van der Waals surface area contributed by atoms with Crippen molar-refractivity contribution in [2.45, 2.75) is 50.7 Å². The molecule has 0 aliphatic carbocycles. The molecule has 3 rings (SSSR count). The summed E-state index contributed by atoms with van der Waals surface area (Å²) < 4.78 is 22.2. The number of benzene rings is 1. The Morgan fingerprint density at radius 1 is 1.32 bits per heavy atom. The quantitative estimate of drug-likeness (QED) is 0.852. The zero-order chi connectivity index (χ0) is 15.7. The van der Waals surface area contributed by atoms with E-state index in [9.17, 15) is 9.90 Å². The van der Waals surface area contributed by atoms with Gasteiger partial charge >= 0.3 is 5.97 Å². The van der Waals surface area contributed by atoms with Crippen LogP contribution < -0.4 is 0 Å². The predicted octanol–water partition coefficient (Wildman–Crippen LogP) is 1.47. The Kier molecular flexibility index (Phi) is 4.18. The van der Waals surface area contributed by atoms with Crippen molar-refractivity contribution >= 4 is 5.97 Å². The molecule has 0 spiro atoms. The number of carbonyl (C=O) groups is 1. The molecule has 22 heavy (non-hydrogen) atoms. The summed E-state index contributed by atoms with van der Waals surface area (Å²) in [5.41, 5.74) is 0.485. The second-order valence-corrected chi connectivity index (χ2v) is 5.99. The first kappa shape index (κ1) is 15.4. The topological polar surface area (TPSA) is 74.2 Å². The summed E-state index contributed by atoms with van der Waals surface area (Å²) in [7, 11) is 0. The van der Waals surface area contributed by atoms with Gasteiger partial charge in [0.2, 0.25) is 0 Å². The van der Waals surface area contributed by atoms with Gasteiger partial charge in [-0.25, -0.2) is 4.79 Å². The van der Waals surface area contributed by atoms with Crippen LogP contribution >= 0.6 is 0 Å². The van der Waals surface area contributed by atoms with Gasteiger partial charge in [0.15, 0.2) is 12.1 Å². The van der Waals surface area contributed by atoms with Crippen LogP contribution in [-0.2, 0) is 18.9 Å². The highest BCUT2D eigenvalue weighted by atomic mass is 16.8. The van der Waals surface area contributed by atoms with Gasteiger partial charge in [0, 0.05) is 6.42 Å². The zero-order valence-corrected chi connectivity index (χ0v) is 12.6. The van der Waals surface area contributed by atoms with Gasteiger partial charge in [-0.2, -0.15) is 0 Å². The Hall–Kier alpha value is -1.47. The van der Waals surface area contributed by atoms with Crippen LogP contribution in [0.2, 0.25) is 0 Å². The maximum atomic E-state index is 11.9. The minimum absolute atomic E-state index is 0.0673. The van der Waals surface area contributed by atoms with Gasteiger partial charge in [-0.15, -0.1) is 0 Å².